The summed E-state index contributed by atoms with van der Waals surface area (Å²) in [6.45, 7) is 1.50. The highest BCUT2D eigenvalue weighted by molar-refractivity contribution is 7.89. The van der Waals surface area contributed by atoms with Gasteiger partial charge in [0.25, 0.3) is 11.8 Å². The maximum Gasteiger partial charge on any atom is 0.255 e. The van der Waals surface area contributed by atoms with Crippen LogP contribution in [0.1, 0.15) is 23.2 Å². The number of carbonyl (C=O) groups is 2. The van der Waals surface area contributed by atoms with Crippen molar-refractivity contribution >= 4 is 21.8 Å². The lowest BCUT2D eigenvalue weighted by Crippen LogP contribution is -2.59. The highest BCUT2D eigenvalue weighted by atomic mass is 32.2. The van der Waals surface area contributed by atoms with Crippen LogP contribution in [0, 0.1) is 0 Å². The molecule has 4 rings (SSSR count). The van der Waals surface area contributed by atoms with Gasteiger partial charge >= 0.3 is 0 Å². The molecule has 0 radical (unpaired) electrons. The summed E-state index contributed by atoms with van der Waals surface area (Å²) in [5, 5.41) is 0. The standard InChI is InChI=1S/C18H23N3O5S/c1-26-15-6-2-13(3-7-15)17(22)20-9-8-19-10-11-27(24,25)21(14-4-5-14)18(23)16(19)12-20/h2-3,6-7,14,16H,4-5,8-12H2,1H3. The van der Waals surface area contributed by atoms with Crippen molar-refractivity contribution < 1.29 is 22.7 Å². The van der Waals surface area contributed by atoms with Crippen LogP contribution >= 0.6 is 0 Å². The van der Waals surface area contributed by atoms with E-state index in [9.17, 15) is 18.0 Å². The van der Waals surface area contributed by atoms with E-state index in [4.69, 9.17) is 4.74 Å². The lowest BCUT2D eigenvalue weighted by atomic mass is 10.1. The fourth-order valence-electron chi connectivity index (χ4n) is 3.75. The maximum atomic E-state index is 13.0. The van der Waals surface area contributed by atoms with Crippen LogP contribution in [0.25, 0.3) is 0 Å². The number of amides is 2. The molecule has 1 unspecified atom stereocenters. The summed E-state index contributed by atoms with van der Waals surface area (Å²) in [5.74, 6) is 0.0797. The molecule has 3 fully saturated rings. The van der Waals surface area contributed by atoms with E-state index in [2.05, 4.69) is 0 Å². The summed E-state index contributed by atoms with van der Waals surface area (Å²) >= 11 is 0. The minimum atomic E-state index is -3.58. The fraction of sp³-hybridized carbons (Fsp3) is 0.556. The van der Waals surface area contributed by atoms with Crippen molar-refractivity contribution in [3.63, 3.8) is 0 Å². The number of methoxy groups -OCH3 is 1. The van der Waals surface area contributed by atoms with Gasteiger partial charge in [0.2, 0.25) is 10.0 Å². The molecule has 0 aromatic heterocycles. The summed E-state index contributed by atoms with van der Waals surface area (Å²) in [5.41, 5.74) is 0.525. The minimum Gasteiger partial charge on any atom is -0.497 e. The van der Waals surface area contributed by atoms with Crippen LogP contribution in [-0.4, -0.2) is 85.5 Å². The molecule has 2 heterocycles. The van der Waals surface area contributed by atoms with Gasteiger partial charge in [-0.25, -0.2) is 12.7 Å². The summed E-state index contributed by atoms with van der Waals surface area (Å²) in [6.07, 6.45) is 1.46. The predicted octanol–water partition coefficient (Wildman–Crippen LogP) is 0.156. The van der Waals surface area contributed by atoms with Crippen molar-refractivity contribution in [2.24, 2.45) is 0 Å². The Hall–Kier alpha value is -2.13. The Morgan fingerprint density at radius 2 is 1.81 bits per heavy atom. The van der Waals surface area contributed by atoms with Gasteiger partial charge in [0.1, 0.15) is 11.8 Å². The number of sulfonamides is 1. The second kappa shape index (κ2) is 6.79. The zero-order valence-corrected chi connectivity index (χ0v) is 16.0. The molecule has 8 nitrogen and oxygen atoms in total. The smallest absolute Gasteiger partial charge is 0.255 e. The Bertz CT molecular complexity index is 850. The van der Waals surface area contributed by atoms with E-state index in [1.165, 1.54) is 0 Å². The van der Waals surface area contributed by atoms with Crippen LogP contribution in [0.4, 0.5) is 0 Å². The number of hydrogen-bond donors (Lipinski definition) is 0. The average molecular weight is 393 g/mol. The molecule has 0 spiro atoms. The quantitative estimate of drug-likeness (QED) is 0.727. The third-order valence-corrected chi connectivity index (χ3v) is 7.21. The largest absolute Gasteiger partial charge is 0.497 e. The van der Waals surface area contributed by atoms with E-state index in [0.717, 1.165) is 17.1 Å². The Balaban J connectivity index is 1.54. The van der Waals surface area contributed by atoms with Gasteiger partial charge in [0, 0.05) is 37.8 Å². The zero-order valence-electron chi connectivity index (χ0n) is 15.2. The van der Waals surface area contributed by atoms with Gasteiger partial charge in [0.05, 0.1) is 12.9 Å². The summed E-state index contributed by atoms with van der Waals surface area (Å²) in [6, 6.07) is 6.05. The maximum absolute atomic E-state index is 13.0. The first kappa shape index (κ1) is 18.2. The molecule has 0 bridgehead atoms. The monoisotopic (exact) mass is 393 g/mol. The number of benzene rings is 1. The average Bonchev–Trinajstić information content (AvgIpc) is 3.50. The van der Waals surface area contributed by atoms with E-state index in [1.807, 2.05) is 4.90 Å². The molecule has 9 heteroatoms. The van der Waals surface area contributed by atoms with E-state index < -0.39 is 16.1 Å². The van der Waals surface area contributed by atoms with Gasteiger partial charge in [0.15, 0.2) is 0 Å². The van der Waals surface area contributed by atoms with E-state index in [-0.39, 0.29) is 30.2 Å². The highest BCUT2D eigenvalue weighted by Crippen LogP contribution is 2.33. The minimum absolute atomic E-state index is 0.0435. The Kier molecular flexibility index (Phi) is 4.59. The molecule has 27 heavy (non-hydrogen) atoms. The van der Waals surface area contributed by atoms with Crippen molar-refractivity contribution in [2.75, 3.05) is 39.0 Å². The number of piperazine rings is 1. The summed E-state index contributed by atoms with van der Waals surface area (Å²) < 4.78 is 31.3. The number of nitrogens with zero attached hydrogens (tertiary/aromatic N) is 3. The van der Waals surface area contributed by atoms with Gasteiger partial charge in [-0.3, -0.25) is 14.5 Å². The normalized spacial score (nSPS) is 25.7. The zero-order chi connectivity index (χ0) is 19.2. The topological polar surface area (TPSA) is 87.2 Å². The van der Waals surface area contributed by atoms with Crippen molar-refractivity contribution in [1.29, 1.82) is 0 Å². The Morgan fingerprint density at radius 3 is 2.44 bits per heavy atom. The van der Waals surface area contributed by atoms with Crippen LogP contribution < -0.4 is 4.74 Å². The van der Waals surface area contributed by atoms with Crippen molar-refractivity contribution in [3.8, 4) is 5.75 Å². The van der Waals surface area contributed by atoms with E-state index in [1.54, 1.807) is 36.3 Å². The Morgan fingerprint density at radius 1 is 1.11 bits per heavy atom. The van der Waals surface area contributed by atoms with Crippen molar-refractivity contribution in [1.82, 2.24) is 14.1 Å². The van der Waals surface area contributed by atoms with Crippen LogP contribution in [0.15, 0.2) is 24.3 Å². The second-order valence-corrected chi connectivity index (χ2v) is 9.18. The molecular formula is C18H23N3O5S. The van der Waals surface area contributed by atoms with Crippen molar-refractivity contribution in [2.45, 2.75) is 24.9 Å². The van der Waals surface area contributed by atoms with Gasteiger partial charge < -0.3 is 9.64 Å². The first-order valence-electron chi connectivity index (χ1n) is 9.14. The number of hydrogen-bond acceptors (Lipinski definition) is 6. The molecule has 2 amide bonds. The third kappa shape index (κ3) is 3.41. The Labute approximate surface area is 158 Å². The molecule has 0 N–H and O–H groups in total. The van der Waals surface area contributed by atoms with Crippen LogP contribution in [0.5, 0.6) is 5.75 Å². The molecular weight excluding hydrogens is 370 g/mol. The van der Waals surface area contributed by atoms with Gasteiger partial charge in [-0.2, -0.15) is 0 Å². The van der Waals surface area contributed by atoms with Crippen molar-refractivity contribution in [3.05, 3.63) is 29.8 Å². The van der Waals surface area contributed by atoms with Crippen LogP contribution in [-0.2, 0) is 14.8 Å². The molecule has 1 aromatic carbocycles. The molecule has 1 aromatic rings. The van der Waals surface area contributed by atoms with Gasteiger partial charge in [-0.1, -0.05) is 0 Å². The van der Waals surface area contributed by atoms with E-state index in [0.29, 0.717) is 30.9 Å². The van der Waals surface area contributed by atoms with E-state index >= 15 is 0 Å². The molecule has 146 valence electrons. The fourth-order valence-corrected chi connectivity index (χ4v) is 5.48. The number of fused-ring (bicyclic) bond motifs is 1. The molecule has 3 aliphatic rings. The SMILES string of the molecule is COc1ccc(C(=O)N2CCN3CCS(=O)(=O)N(C4CC4)C(=O)C3C2)cc1. The van der Waals surface area contributed by atoms with Gasteiger partial charge in [-0.05, 0) is 37.1 Å². The summed E-state index contributed by atoms with van der Waals surface area (Å²) in [7, 11) is -2.01. The third-order valence-electron chi connectivity index (χ3n) is 5.43. The molecule has 1 saturated carbocycles. The molecule has 2 aliphatic heterocycles. The highest BCUT2D eigenvalue weighted by Gasteiger charge is 2.48. The number of ether oxygens (including phenoxy) is 1. The lowest BCUT2D eigenvalue weighted by molar-refractivity contribution is -0.133. The first-order chi connectivity index (χ1) is 12.9. The van der Waals surface area contributed by atoms with Crippen LogP contribution in [0.3, 0.4) is 0 Å². The van der Waals surface area contributed by atoms with Gasteiger partial charge in [-0.15, -0.1) is 0 Å². The molecule has 2 saturated heterocycles. The second-order valence-electron chi connectivity index (χ2n) is 7.21. The predicted molar refractivity (Wildman–Crippen MR) is 97.9 cm³/mol. The molecule has 1 aliphatic carbocycles. The van der Waals surface area contributed by atoms with Crippen LogP contribution in [0.2, 0.25) is 0 Å². The molecule has 1 atom stereocenters. The lowest BCUT2D eigenvalue weighted by Gasteiger charge is -2.39. The number of rotatable bonds is 3. The number of carbonyl (C=O) groups excluding carboxylic acids is 2. The summed E-state index contributed by atoms with van der Waals surface area (Å²) in [4.78, 5) is 29.4. The first-order valence-corrected chi connectivity index (χ1v) is 10.7.